The molecule has 2 aromatic carbocycles. The fourth-order valence-corrected chi connectivity index (χ4v) is 5.73. The van der Waals surface area contributed by atoms with E-state index >= 15 is 0 Å². The Balaban J connectivity index is 1.74. The predicted octanol–water partition coefficient (Wildman–Crippen LogP) is 5.86. The average Bonchev–Trinajstić information content (AvgIpc) is 3.03. The molecular formula is C22H30N2OSeSi. The number of hydrogen-bond acceptors (Lipinski definition) is 3. The zero-order chi connectivity index (χ0) is 19.5. The standard InChI is InChI=1S/C22H30N2OSeSi/c1-22(2,3)27(4,5)25-16-15-18(17-11-7-6-8-12-17)23-21-24-19-13-9-10-14-20(19)26-21/h6-14,18H,15-16H2,1-5H3,(H,23,24)/t18-/m0/s1. The van der Waals surface area contributed by atoms with Gasteiger partial charge in [0, 0.05) is 0 Å². The van der Waals surface area contributed by atoms with Crippen LogP contribution >= 0.6 is 0 Å². The summed E-state index contributed by atoms with van der Waals surface area (Å²) in [5.74, 6) is 0. The summed E-state index contributed by atoms with van der Waals surface area (Å²) < 4.78 is 8.91. The van der Waals surface area contributed by atoms with Crippen LogP contribution in [0.15, 0.2) is 54.6 Å². The second kappa shape index (κ2) is 8.32. The van der Waals surface area contributed by atoms with E-state index in [0.29, 0.717) is 0 Å². The molecule has 0 saturated carbocycles. The van der Waals surface area contributed by atoms with Crippen molar-refractivity contribution in [2.45, 2.75) is 51.4 Å². The predicted molar refractivity (Wildman–Crippen MR) is 119 cm³/mol. The number of anilines is 1. The van der Waals surface area contributed by atoms with Gasteiger partial charge in [-0.2, -0.15) is 0 Å². The van der Waals surface area contributed by atoms with Gasteiger partial charge < -0.3 is 0 Å². The first-order valence-electron chi connectivity index (χ1n) is 9.57. The van der Waals surface area contributed by atoms with E-state index in [9.17, 15) is 0 Å². The first-order chi connectivity index (χ1) is 12.8. The molecule has 1 heterocycles. The molecule has 0 radical (unpaired) electrons. The monoisotopic (exact) mass is 446 g/mol. The van der Waals surface area contributed by atoms with Crippen LogP contribution in [0.3, 0.4) is 0 Å². The average molecular weight is 446 g/mol. The molecule has 3 nitrogen and oxygen atoms in total. The molecular weight excluding hydrogens is 415 g/mol. The molecule has 0 fully saturated rings. The molecule has 0 bridgehead atoms. The van der Waals surface area contributed by atoms with Gasteiger partial charge in [0.15, 0.2) is 0 Å². The fraction of sp³-hybridized carbons (Fsp3) is 0.409. The third-order valence-corrected chi connectivity index (χ3v) is 12.0. The van der Waals surface area contributed by atoms with Crippen molar-refractivity contribution < 1.29 is 4.43 Å². The summed E-state index contributed by atoms with van der Waals surface area (Å²) in [4.78, 5) is 4.81. The maximum absolute atomic E-state index is 6.44. The normalized spacial score (nSPS) is 13.7. The van der Waals surface area contributed by atoms with E-state index < -0.39 is 8.32 Å². The van der Waals surface area contributed by atoms with Crippen LogP contribution < -0.4 is 5.32 Å². The van der Waals surface area contributed by atoms with Crippen LogP contribution in [-0.2, 0) is 4.43 Å². The second-order valence-corrected chi connectivity index (χ2v) is 15.5. The summed E-state index contributed by atoms with van der Waals surface area (Å²) in [5.41, 5.74) is 2.41. The molecule has 0 aliphatic rings. The van der Waals surface area contributed by atoms with Gasteiger partial charge in [-0.05, 0) is 0 Å². The summed E-state index contributed by atoms with van der Waals surface area (Å²) in [7, 11) is -1.72. The van der Waals surface area contributed by atoms with Crippen molar-refractivity contribution in [1.82, 2.24) is 4.98 Å². The van der Waals surface area contributed by atoms with Crippen molar-refractivity contribution in [1.29, 1.82) is 0 Å². The Labute approximate surface area is 170 Å². The third-order valence-electron chi connectivity index (χ3n) is 5.47. The van der Waals surface area contributed by atoms with Gasteiger partial charge in [-0.25, -0.2) is 0 Å². The van der Waals surface area contributed by atoms with E-state index in [1.807, 2.05) is 0 Å². The topological polar surface area (TPSA) is 34.1 Å². The zero-order valence-electron chi connectivity index (χ0n) is 17.0. The molecule has 3 aromatic rings. The van der Waals surface area contributed by atoms with Crippen LogP contribution in [0.2, 0.25) is 18.1 Å². The minimum atomic E-state index is -1.72. The number of rotatable bonds is 7. The summed E-state index contributed by atoms with van der Waals surface area (Å²) in [5, 5.41) is 3.96. The van der Waals surface area contributed by atoms with E-state index in [1.165, 1.54) is 9.82 Å². The van der Waals surface area contributed by atoms with Crippen LogP contribution in [0.4, 0.5) is 4.69 Å². The van der Waals surface area contributed by atoms with Crippen molar-refractivity contribution in [2.24, 2.45) is 0 Å². The van der Waals surface area contributed by atoms with Gasteiger partial charge in [0.1, 0.15) is 0 Å². The molecule has 1 aromatic heterocycles. The van der Waals surface area contributed by atoms with Crippen LogP contribution in [0, 0.1) is 0 Å². The molecule has 1 N–H and O–H groups in total. The van der Waals surface area contributed by atoms with Gasteiger partial charge in [0.2, 0.25) is 0 Å². The second-order valence-electron chi connectivity index (χ2n) is 8.49. The SMILES string of the molecule is CC(C)(C)[Si](C)(C)OCC[C@H](Nc1nc2ccccc2[se]1)c1ccccc1. The Kier molecular flexibility index (Phi) is 6.27. The number of benzene rings is 2. The number of nitrogens with zero attached hydrogens (tertiary/aromatic N) is 1. The van der Waals surface area contributed by atoms with E-state index in [4.69, 9.17) is 9.41 Å². The summed E-state index contributed by atoms with van der Waals surface area (Å²) in [6.07, 6.45) is 0.946. The van der Waals surface area contributed by atoms with Crippen LogP contribution in [0.5, 0.6) is 0 Å². The number of nitrogens with one attached hydrogen (secondary N) is 1. The molecule has 27 heavy (non-hydrogen) atoms. The Morgan fingerprint density at radius 2 is 1.70 bits per heavy atom. The molecule has 0 aliphatic carbocycles. The Bertz CT molecular complexity index is 838. The van der Waals surface area contributed by atoms with Crippen LogP contribution in [-0.4, -0.2) is 34.4 Å². The number of fused-ring (bicyclic) bond motifs is 1. The first-order valence-corrected chi connectivity index (χ1v) is 14.2. The Hall–Kier alpha value is -1.39. The number of hydrogen-bond donors (Lipinski definition) is 1. The molecule has 0 spiro atoms. The number of para-hydroxylation sites is 1. The van der Waals surface area contributed by atoms with Crippen molar-refractivity contribution in [3.8, 4) is 0 Å². The van der Waals surface area contributed by atoms with E-state index in [2.05, 4.69) is 93.8 Å². The van der Waals surface area contributed by atoms with Crippen molar-refractivity contribution in [2.75, 3.05) is 11.9 Å². The number of aromatic nitrogens is 1. The van der Waals surface area contributed by atoms with E-state index in [1.54, 1.807) is 0 Å². The molecule has 0 aliphatic heterocycles. The van der Waals surface area contributed by atoms with Crippen molar-refractivity contribution in [3.05, 3.63) is 60.2 Å². The van der Waals surface area contributed by atoms with Gasteiger partial charge in [-0.3, -0.25) is 0 Å². The van der Waals surface area contributed by atoms with Crippen LogP contribution in [0.1, 0.15) is 38.8 Å². The fourth-order valence-electron chi connectivity index (χ4n) is 2.74. The first kappa shape index (κ1) is 20.3. The third kappa shape index (κ3) is 5.11. The Morgan fingerprint density at radius 1 is 1.04 bits per heavy atom. The molecule has 0 amide bonds. The summed E-state index contributed by atoms with van der Waals surface area (Å²) in [6.45, 7) is 12.3. The van der Waals surface area contributed by atoms with E-state index in [-0.39, 0.29) is 25.6 Å². The van der Waals surface area contributed by atoms with Gasteiger partial charge in [0.05, 0.1) is 0 Å². The van der Waals surface area contributed by atoms with E-state index in [0.717, 1.165) is 23.2 Å². The molecule has 1 atom stereocenters. The minimum absolute atomic E-state index is 0.228. The quantitative estimate of drug-likeness (QED) is 0.463. The summed E-state index contributed by atoms with van der Waals surface area (Å²) >= 11 is 0.254. The van der Waals surface area contributed by atoms with Crippen LogP contribution in [0.25, 0.3) is 9.78 Å². The molecule has 0 saturated heterocycles. The molecule has 144 valence electrons. The van der Waals surface area contributed by atoms with Crippen molar-refractivity contribution >= 4 is 37.3 Å². The zero-order valence-corrected chi connectivity index (χ0v) is 19.7. The summed E-state index contributed by atoms with van der Waals surface area (Å²) in [6, 6.07) is 19.3. The van der Waals surface area contributed by atoms with Gasteiger partial charge >= 0.3 is 170 Å². The van der Waals surface area contributed by atoms with Crippen molar-refractivity contribution in [3.63, 3.8) is 0 Å². The molecule has 5 heteroatoms. The van der Waals surface area contributed by atoms with Gasteiger partial charge in [-0.1, -0.05) is 0 Å². The van der Waals surface area contributed by atoms with Gasteiger partial charge in [-0.15, -0.1) is 0 Å². The Morgan fingerprint density at radius 3 is 2.37 bits per heavy atom. The molecule has 3 rings (SSSR count). The van der Waals surface area contributed by atoms with Gasteiger partial charge in [0.25, 0.3) is 0 Å². The maximum atomic E-state index is 6.44. The molecule has 0 unspecified atom stereocenters.